The third-order valence-corrected chi connectivity index (χ3v) is 4.80. The van der Waals surface area contributed by atoms with Gasteiger partial charge in [-0.3, -0.25) is 9.89 Å². The molecule has 0 aromatic rings. The molecule has 0 unspecified atom stereocenters. The predicted octanol–water partition coefficient (Wildman–Crippen LogP) is 1.77. The number of nitrogens with one attached hydrogen (secondary N) is 2. The van der Waals surface area contributed by atoms with Crippen molar-refractivity contribution in [2.24, 2.45) is 4.99 Å². The first kappa shape index (κ1) is 22.2. The molecule has 1 saturated heterocycles. The maximum Gasteiger partial charge on any atom is 0.191 e. The first-order chi connectivity index (χ1) is 12.0. The molecule has 1 aliphatic rings. The van der Waals surface area contributed by atoms with Crippen LogP contribution in [0, 0.1) is 0 Å². The van der Waals surface area contributed by atoms with Gasteiger partial charge in [0.1, 0.15) is 0 Å². The van der Waals surface area contributed by atoms with E-state index in [1.165, 1.54) is 25.9 Å². The predicted molar refractivity (Wildman–Crippen MR) is 107 cm³/mol. The first-order valence-corrected chi connectivity index (χ1v) is 10.0. The molecule has 1 rings (SSSR count). The lowest BCUT2D eigenvalue weighted by Crippen LogP contribution is -2.56. The fourth-order valence-electron chi connectivity index (χ4n) is 3.28. The summed E-state index contributed by atoms with van der Waals surface area (Å²) in [7, 11) is 1.84. The largest absolute Gasteiger partial charge is 0.379 e. The molecule has 1 heterocycles. The Morgan fingerprint density at radius 1 is 1.08 bits per heavy atom. The van der Waals surface area contributed by atoms with Crippen LogP contribution >= 0.6 is 0 Å². The van der Waals surface area contributed by atoms with E-state index in [9.17, 15) is 0 Å². The lowest BCUT2D eigenvalue weighted by molar-refractivity contribution is -0.00833. The van der Waals surface area contributed by atoms with Crippen molar-refractivity contribution >= 4 is 5.96 Å². The Hall–Kier alpha value is -0.850. The fraction of sp³-hybridized carbons (Fsp3) is 0.947. The van der Waals surface area contributed by atoms with E-state index in [1.807, 2.05) is 7.05 Å². The lowest BCUT2D eigenvalue weighted by atomic mass is 10.0. The summed E-state index contributed by atoms with van der Waals surface area (Å²) in [6, 6.07) is 0. The minimum Gasteiger partial charge on any atom is -0.379 e. The van der Waals surface area contributed by atoms with Crippen molar-refractivity contribution in [1.82, 2.24) is 20.4 Å². The van der Waals surface area contributed by atoms with E-state index in [-0.39, 0.29) is 5.54 Å². The fourth-order valence-corrected chi connectivity index (χ4v) is 3.28. The number of morpholine rings is 1. The molecule has 6 heteroatoms. The normalized spacial score (nSPS) is 17.1. The van der Waals surface area contributed by atoms with Crippen LogP contribution in [0.1, 0.15) is 47.0 Å². The van der Waals surface area contributed by atoms with Crippen LogP contribution in [0.15, 0.2) is 4.99 Å². The zero-order chi connectivity index (χ0) is 18.5. The molecular formula is C19H41N5O. The molecule has 0 aromatic carbocycles. The van der Waals surface area contributed by atoms with E-state index in [1.54, 1.807) is 0 Å². The summed E-state index contributed by atoms with van der Waals surface area (Å²) in [5.74, 6) is 0.902. The number of guanidine groups is 1. The summed E-state index contributed by atoms with van der Waals surface area (Å²) in [6.45, 7) is 18.2. The van der Waals surface area contributed by atoms with Gasteiger partial charge in [-0.05, 0) is 52.7 Å². The van der Waals surface area contributed by atoms with Gasteiger partial charge in [0, 0.05) is 38.8 Å². The van der Waals surface area contributed by atoms with Gasteiger partial charge in [0.25, 0.3) is 0 Å². The number of hydrogen-bond donors (Lipinski definition) is 2. The number of hydrogen-bond acceptors (Lipinski definition) is 4. The van der Waals surface area contributed by atoms with Crippen molar-refractivity contribution in [3.63, 3.8) is 0 Å². The summed E-state index contributed by atoms with van der Waals surface area (Å²) in [5, 5.41) is 6.94. The molecule has 6 nitrogen and oxygen atoms in total. The highest BCUT2D eigenvalue weighted by Gasteiger charge is 2.28. The van der Waals surface area contributed by atoms with E-state index < -0.39 is 0 Å². The van der Waals surface area contributed by atoms with Crippen LogP contribution < -0.4 is 10.6 Å². The van der Waals surface area contributed by atoms with Gasteiger partial charge in [0.15, 0.2) is 5.96 Å². The summed E-state index contributed by atoms with van der Waals surface area (Å²) in [6.07, 6.45) is 3.61. The molecule has 1 aliphatic heterocycles. The van der Waals surface area contributed by atoms with Crippen LogP contribution in [0.4, 0.5) is 0 Å². The Bertz CT molecular complexity index is 361. The second-order valence-electron chi connectivity index (χ2n) is 7.46. The highest BCUT2D eigenvalue weighted by molar-refractivity contribution is 5.79. The number of ether oxygens (including phenoxy) is 1. The van der Waals surface area contributed by atoms with Crippen LogP contribution in [-0.4, -0.2) is 87.4 Å². The van der Waals surface area contributed by atoms with Gasteiger partial charge in [0.2, 0.25) is 0 Å². The van der Waals surface area contributed by atoms with Crippen LogP contribution in [0.5, 0.6) is 0 Å². The van der Waals surface area contributed by atoms with Crippen LogP contribution in [0.25, 0.3) is 0 Å². The molecule has 0 radical (unpaired) electrons. The maximum atomic E-state index is 5.46. The molecule has 0 saturated carbocycles. The van der Waals surface area contributed by atoms with Crippen LogP contribution in [0.3, 0.4) is 0 Å². The second kappa shape index (κ2) is 12.5. The molecule has 2 N–H and O–H groups in total. The summed E-state index contributed by atoms with van der Waals surface area (Å²) in [5.41, 5.74) is 0.0977. The second-order valence-corrected chi connectivity index (χ2v) is 7.46. The van der Waals surface area contributed by atoms with Crippen molar-refractivity contribution in [1.29, 1.82) is 0 Å². The van der Waals surface area contributed by atoms with E-state index >= 15 is 0 Å². The Balaban J connectivity index is 2.27. The van der Waals surface area contributed by atoms with E-state index in [0.717, 1.165) is 58.3 Å². The van der Waals surface area contributed by atoms with Crippen LogP contribution in [-0.2, 0) is 4.74 Å². The van der Waals surface area contributed by atoms with Crippen molar-refractivity contribution < 1.29 is 4.74 Å². The average Bonchev–Trinajstić information content (AvgIpc) is 2.62. The zero-order valence-corrected chi connectivity index (χ0v) is 17.2. The topological polar surface area (TPSA) is 52.1 Å². The van der Waals surface area contributed by atoms with E-state index in [4.69, 9.17) is 4.74 Å². The summed E-state index contributed by atoms with van der Waals surface area (Å²) >= 11 is 0. The molecule has 0 amide bonds. The van der Waals surface area contributed by atoms with Gasteiger partial charge in [-0.2, -0.15) is 0 Å². The smallest absolute Gasteiger partial charge is 0.191 e. The SMILES string of the molecule is CCCN(CCC)CCCNC(=NC)NCC(C)(C)N1CCOCC1. The number of aliphatic imine (C=N–C) groups is 1. The molecule has 1 fully saturated rings. The van der Waals surface area contributed by atoms with Gasteiger partial charge >= 0.3 is 0 Å². The van der Waals surface area contributed by atoms with Gasteiger partial charge < -0.3 is 20.3 Å². The van der Waals surface area contributed by atoms with Crippen molar-refractivity contribution in [2.75, 3.05) is 66.1 Å². The Morgan fingerprint density at radius 2 is 1.72 bits per heavy atom. The Labute approximate surface area is 155 Å². The van der Waals surface area contributed by atoms with E-state index in [0.29, 0.717) is 0 Å². The minimum absolute atomic E-state index is 0.0977. The highest BCUT2D eigenvalue weighted by Crippen LogP contribution is 2.14. The van der Waals surface area contributed by atoms with Gasteiger partial charge in [-0.1, -0.05) is 13.8 Å². The third-order valence-electron chi connectivity index (χ3n) is 4.80. The molecular weight excluding hydrogens is 314 g/mol. The van der Waals surface area contributed by atoms with Crippen molar-refractivity contribution in [2.45, 2.75) is 52.5 Å². The zero-order valence-electron chi connectivity index (χ0n) is 17.2. The molecule has 0 atom stereocenters. The highest BCUT2D eigenvalue weighted by atomic mass is 16.5. The molecule has 0 spiro atoms. The molecule has 0 aromatic heterocycles. The minimum atomic E-state index is 0.0977. The average molecular weight is 356 g/mol. The summed E-state index contributed by atoms with van der Waals surface area (Å²) in [4.78, 5) is 9.41. The first-order valence-electron chi connectivity index (χ1n) is 10.0. The van der Waals surface area contributed by atoms with Crippen LogP contribution in [0.2, 0.25) is 0 Å². The van der Waals surface area contributed by atoms with Crippen molar-refractivity contribution in [3.8, 4) is 0 Å². The Morgan fingerprint density at radius 3 is 2.28 bits per heavy atom. The van der Waals surface area contributed by atoms with Crippen molar-refractivity contribution in [3.05, 3.63) is 0 Å². The monoisotopic (exact) mass is 355 g/mol. The number of nitrogens with zero attached hydrogens (tertiary/aromatic N) is 3. The van der Waals surface area contributed by atoms with Gasteiger partial charge in [-0.15, -0.1) is 0 Å². The number of rotatable bonds is 11. The lowest BCUT2D eigenvalue weighted by Gasteiger charge is -2.41. The third kappa shape index (κ3) is 8.88. The standard InChI is InChI=1S/C19H41N5O/c1-6-10-23(11-7-2)12-8-9-21-18(20-5)22-17-19(3,4)24-13-15-25-16-14-24/h6-17H2,1-5H3,(H2,20,21,22). The summed E-state index contributed by atoms with van der Waals surface area (Å²) < 4.78 is 5.46. The van der Waals surface area contributed by atoms with E-state index in [2.05, 4.69) is 53.1 Å². The molecule has 25 heavy (non-hydrogen) atoms. The van der Waals surface area contributed by atoms with Gasteiger partial charge in [-0.25, -0.2) is 0 Å². The molecule has 148 valence electrons. The Kier molecular flexibility index (Phi) is 11.1. The molecule has 0 aliphatic carbocycles. The maximum absolute atomic E-state index is 5.46. The van der Waals surface area contributed by atoms with Gasteiger partial charge in [0.05, 0.1) is 13.2 Å². The molecule has 0 bridgehead atoms. The quantitative estimate of drug-likeness (QED) is 0.336.